The van der Waals surface area contributed by atoms with E-state index in [4.69, 9.17) is 9.47 Å². The Morgan fingerprint density at radius 3 is 1.35 bits per heavy atom. The second-order valence-corrected chi connectivity index (χ2v) is 13.7. The van der Waals surface area contributed by atoms with Crippen LogP contribution >= 0.6 is 0 Å². The van der Waals surface area contributed by atoms with Gasteiger partial charge in [-0.25, -0.2) is 0 Å². The van der Waals surface area contributed by atoms with E-state index in [9.17, 15) is 10.5 Å². The first kappa shape index (κ1) is 34.9. The predicted molar refractivity (Wildman–Crippen MR) is 232 cm³/mol. The summed E-state index contributed by atoms with van der Waals surface area (Å²) in [5, 5.41) is 25.6. The van der Waals surface area contributed by atoms with Crippen molar-refractivity contribution in [3.05, 3.63) is 181 Å². The summed E-state index contributed by atoms with van der Waals surface area (Å²) >= 11 is 0. The molecule has 8 aromatic rings. The van der Waals surface area contributed by atoms with Crippen molar-refractivity contribution in [3.63, 3.8) is 0 Å². The minimum Gasteiger partial charge on any atom is -0.453 e. The molecule has 2 aliphatic rings. The summed E-state index contributed by atoms with van der Waals surface area (Å²) in [5.74, 6) is 3.08. The third kappa shape index (κ3) is 6.07. The summed E-state index contributed by atoms with van der Waals surface area (Å²) in [6.45, 7) is 4.14. The number of hydrogen-bond acceptors (Lipinski definition) is 6. The fourth-order valence-electron chi connectivity index (χ4n) is 7.74. The number of nitriles is 2. The van der Waals surface area contributed by atoms with Gasteiger partial charge in [0.15, 0.2) is 23.0 Å². The van der Waals surface area contributed by atoms with E-state index >= 15 is 0 Å². The van der Waals surface area contributed by atoms with Crippen molar-refractivity contribution in [2.24, 2.45) is 0 Å². The van der Waals surface area contributed by atoms with Crippen molar-refractivity contribution >= 4 is 66.4 Å². The minimum atomic E-state index is 0.370. The van der Waals surface area contributed by atoms with Crippen LogP contribution in [-0.4, -0.2) is 0 Å². The zero-order valence-corrected chi connectivity index (χ0v) is 31.5. The van der Waals surface area contributed by atoms with Gasteiger partial charge in [0.2, 0.25) is 0 Å². The molecule has 2 heterocycles. The van der Waals surface area contributed by atoms with Crippen molar-refractivity contribution in [1.29, 1.82) is 10.5 Å². The number of benzene rings is 8. The van der Waals surface area contributed by atoms with Gasteiger partial charge in [0.1, 0.15) is 12.1 Å². The molecule has 0 amide bonds. The number of hydrogen-bond donors (Lipinski definition) is 0. The minimum absolute atomic E-state index is 0.370. The molecule has 0 fully saturated rings. The quantitative estimate of drug-likeness (QED) is 0.132. The fraction of sp³-hybridized carbons (Fsp3) is 0.0588. The first-order valence-corrected chi connectivity index (χ1v) is 19.0. The van der Waals surface area contributed by atoms with E-state index in [1.807, 2.05) is 104 Å². The molecule has 10 rings (SSSR count). The van der Waals surface area contributed by atoms with Crippen LogP contribution in [0.1, 0.15) is 31.4 Å². The van der Waals surface area contributed by atoms with Gasteiger partial charge in [-0.2, -0.15) is 10.5 Å². The molecule has 0 atom stereocenters. The van der Waals surface area contributed by atoms with Crippen molar-refractivity contribution in [2.45, 2.75) is 20.3 Å². The van der Waals surface area contributed by atoms with E-state index in [0.717, 1.165) is 95.9 Å². The van der Waals surface area contributed by atoms with Crippen LogP contribution in [0.25, 0.3) is 32.3 Å². The van der Waals surface area contributed by atoms with Gasteiger partial charge in [-0.05, 0) is 118 Å². The van der Waals surface area contributed by atoms with Crippen LogP contribution < -0.4 is 19.3 Å². The summed E-state index contributed by atoms with van der Waals surface area (Å²) in [7, 11) is 0. The molecule has 0 saturated carbocycles. The smallest absolute Gasteiger partial charge is 0.151 e. The molecule has 0 aliphatic carbocycles. The first-order valence-electron chi connectivity index (χ1n) is 19.0. The van der Waals surface area contributed by atoms with Crippen LogP contribution in [0.2, 0.25) is 0 Å². The van der Waals surface area contributed by atoms with Crippen molar-refractivity contribution in [2.75, 3.05) is 9.80 Å². The summed E-state index contributed by atoms with van der Waals surface area (Å²) in [4.78, 5) is 4.58. The number of ether oxygens (including phenoxy) is 2. The lowest BCUT2D eigenvalue weighted by molar-refractivity contribution is 0.476. The van der Waals surface area contributed by atoms with Gasteiger partial charge in [-0.1, -0.05) is 104 Å². The average Bonchev–Trinajstić information content (AvgIpc) is 3.26. The zero-order valence-electron chi connectivity index (χ0n) is 31.5. The van der Waals surface area contributed by atoms with Gasteiger partial charge in [0.05, 0.1) is 45.3 Å². The molecular weight excluding hydrogens is 701 g/mol. The van der Waals surface area contributed by atoms with Crippen molar-refractivity contribution in [3.8, 4) is 35.1 Å². The lowest BCUT2D eigenvalue weighted by atomic mass is 9.93. The number of para-hydroxylation sites is 8. The Hall–Kier alpha value is -7.80. The molecule has 0 spiro atoms. The molecule has 8 aromatic carbocycles. The Balaban J connectivity index is 0.000000556. The van der Waals surface area contributed by atoms with Crippen LogP contribution in [0.4, 0.5) is 34.1 Å². The molecule has 0 N–H and O–H groups in total. The lowest BCUT2D eigenvalue weighted by Gasteiger charge is -2.38. The van der Waals surface area contributed by atoms with Gasteiger partial charge in [-0.3, -0.25) is 0 Å². The predicted octanol–water partition coefficient (Wildman–Crippen LogP) is 14.6. The van der Waals surface area contributed by atoms with Crippen LogP contribution in [-0.2, 0) is 0 Å². The Bertz CT molecular complexity index is 2930. The van der Waals surface area contributed by atoms with E-state index in [2.05, 4.69) is 95.6 Å². The summed E-state index contributed by atoms with van der Waals surface area (Å²) in [6, 6.07) is 53.5. The van der Waals surface area contributed by atoms with Crippen molar-refractivity contribution in [1.82, 2.24) is 0 Å². The summed E-state index contributed by atoms with van der Waals surface area (Å²) in [6.07, 6.45) is 9.36. The number of fused-ring (bicyclic) bond motifs is 9. The maximum atomic E-state index is 9.86. The van der Waals surface area contributed by atoms with Crippen molar-refractivity contribution < 1.29 is 9.47 Å². The van der Waals surface area contributed by atoms with Gasteiger partial charge < -0.3 is 19.3 Å². The third-order valence-electron chi connectivity index (χ3n) is 10.3. The van der Waals surface area contributed by atoms with Gasteiger partial charge in [-0.15, -0.1) is 0 Å². The van der Waals surface area contributed by atoms with Crippen LogP contribution in [0, 0.1) is 22.7 Å². The molecule has 0 saturated heterocycles. The average molecular weight is 737 g/mol. The molecule has 57 heavy (non-hydrogen) atoms. The molecule has 0 bridgehead atoms. The molecule has 0 aromatic heterocycles. The number of allylic oxidation sites excluding steroid dienone is 4. The van der Waals surface area contributed by atoms with E-state index in [1.54, 1.807) is 6.07 Å². The summed E-state index contributed by atoms with van der Waals surface area (Å²) < 4.78 is 12.9. The fourth-order valence-corrected chi connectivity index (χ4v) is 7.74. The zero-order chi connectivity index (χ0) is 38.9. The highest BCUT2D eigenvalue weighted by Gasteiger charge is 2.33. The standard InChI is InChI=1S/C44H24N4O2.C7H12/c45-25-29-21-27-17-19-32-31(33(27)22-30(29)26-46)20-18-28-23-39(47-35-9-1-5-13-41(35)49-42-14-6-2-10-36(42)47)40(24-34(28)32)48-37-11-3-7-15-43(37)50-44-16-8-4-12-38(44)48;1-3-5-7-6-4-2/h1-24H;3,5-7H,4H2,1-2H3/b;5-3-,7-6-. The Kier molecular flexibility index (Phi) is 9.07. The molecule has 2 aliphatic heterocycles. The second kappa shape index (κ2) is 14.8. The van der Waals surface area contributed by atoms with Crippen LogP contribution in [0.15, 0.2) is 170 Å². The maximum Gasteiger partial charge on any atom is 0.151 e. The Labute approximate surface area is 331 Å². The number of rotatable bonds is 4. The highest BCUT2D eigenvalue weighted by atomic mass is 16.5. The van der Waals surface area contributed by atoms with Crippen LogP contribution in [0.3, 0.4) is 0 Å². The molecule has 6 heteroatoms. The first-order chi connectivity index (χ1) is 28.1. The Morgan fingerprint density at radius 1 is 0.474 bits per heavy atom. The van der Waals surface area contributed by atoms with Crippen LogP contribution in [0.5, 0.6) is 23.0 Å². The van der Waals surface area contributed by atoms with E-state index in [1.165, 1.54) is 0 Å². The monoisotopic (exact) mass is 736 g/mol. The normalized spacial score (nSPS) is 12.5. The van der Waals surface area contributed by atoms with E-state index in [0.29, 0.717) is 11.1 Å². The topological polar surface area (TPSA) is 72.5 Å². The maximum absolute atomic E-state index is 9.86. The van der Waals surface area contributed by atoms with Gasteiger partial charge in [0.25, 0.3) is 0 Å². The highest BCUT2D eigenvalue weighted by Crippen LogP contribution is 2.57. The third-order valence-corrected chi connectivity index (χ3v) is 10.3. The second-order valence-electron chi connectivity index (χ2n) is 13.7. The lowest BCUT2D eigenvalue weighted by Crippen LogP contribution is -2.21. The molecular formula is C51H36N4O2. The van der Waals surface area contributed by atoms with E-state index < -0.39 is 0 Å². The van der Waals surface area contributed by atoms with Gasteiger partial charge in [0, 0.05) is 0 Å². The molecule has 6 nitrogen and oxygen atoms in total. The van der Waals surface area contributed by atoms with Gasteiger partial charge >= 0.3 is 0 Å². The number of anilines is 6. The molecule has 272 valence electrons. The summed E-state index contributed by atoms with van der Waals surface area (Å²) in [5.41, 5.74) is 6.40. The molecule has 0 radical (unpaired) electrons. The highest BCUT2D eigenvalue weighted by molar-refractivity contribution is 6.19. The van der Waals surface area contributed by atoms with E-state index in [-0.39, 0.29) is 0 Å². The largest absolute Gasteiger partial charge is 0.453 e. The number of nitrogens with zero attached hydrogens (tertiary/aromatic N) is 4. The molecule has 0 unspecified atom stereocenters. The SMILES string of the molecule is C/C=C\C=C/CC.N#Cc1cc2ccc3c4cc(N5c6ccccc6Oc6ccccc65)c(N5c6ccccc6Oc6ccccc65)cc4ccc3c2cc1C#N. The Morgan fingerprint density at radius 2 is 0.895 bits per heavy atom.